The average molecular weight is 371 g/mol. The monoisotopic (exact) mass is 370 g/mol. The summed E-state index contributed by atoms with van der Waals surface area (Å²) in [6, 6.07) is 12.5. The molecule has 1 heterocycles. The van der Waals surface area contributed by atoms with Gasteiger partial charge < -0.3 is 15.0 Å². The molecule has 26 heavy (non-hydrogen) atoms. The van der Waals surface area contributed by atoms with Gasteiger partial charge in [-0.25, -0.2) is 0 Å². The van der Waals surface area contributed by atoms with Crippen LogP contribution in [0.1, 0.15) is 17.5 Å². The molecule has 0 aliphatic rings. The highest BCUT2D eigenvalue weighted by Crippen LogP contribution is 2.21. The lowest BCUT2D eigenvalue weighted by Crippen LogP contribution is -2.17. The summed E-state index contributed by atoms with van der Waals surface area (Å²) in [6.45, 7) is 1.88. The van der Waals surface area contributed by atoms with Gasteiger partial charge in [0.15, 0.2) is 0 Å². The van der Waals surface area contributed by atoms with Gasteiger partial charge in [0.25, 0.3) is 5.56 Å². The Morgan fingerprint density at radius 1 is 1.19 bits per heavy atom. The van der Waals surface area contributed by atoms with E-state index < -0.39 is 0 Å². The zero-order valence-electron chi connectivity index (χ0n) is 14.6. The first-order valence-corrected chi connectivity index (χ1v) is 8.60. The van der Waals surface area contributed by atoms with Crippen LogP contribution in [0.15, 0.2) is 47.3 Å². The Hall–Kier alpha value is -2.79. The highest BCUT2D eigenvalue weighted by atomic mass is 35.5. The lowest BCUT2D eigenvalue weighted by atomic mass is 10.1. The quantitative estimate of drug-likeness (QED) is 0.711. The topological polar surface area (TPSA) is 71.2 Å². The number of nitrogens with one attached hydrogen (secondary N) is 2. The van der Waals surface area contributed by atoms with E-state index in [9.17, 15) is 9.59 Å². The van der Waals surface area contributed by atoms with Crippen molar-refractivity contribution in [2.24, 2.45) is 0 Å². The first-order chi connectivity index (χ1) is 12.5. The molecule has 5 nitrogen and oxygen atoms in total. The number of fused-ring (bicyclic) bond motifs is 1. The second kappa shape index (κ2) is 7.62. The van der Waals surface area contributed by atoms with Crippen LogP contribution in [0.5, 0.6) is 5.75 Å². The van der Waals surface area contributed by atoms with Crippen molar-refractivity contribution in [2.45, 2.75) is 19.8 Å². The van der Waals surface area contributed by atoms with Crippen molar-refractivity contribution in [2.75, 3.05) is 12.4 Å². The van der Waals surface area contributed by atoms with E-state index in [0.29, 0.717) is 22.8 Å². The van der Waals surface area contributed by atoms with Gasteiger partial charge in [0.1, 0.15) is 5.75 Å². The molecule has 0 bridgehead atoms. The Morgan fingerprint density at radius 2 is 2.00 bits per heavy atom. The molecule has 0 saturated heterocycles. The number of hydrogen-bond acceptors (Lipinski definition) is 3. The maximum absolute atomic E-state index is 12.2. The van der Waals surface area contributed by atoms with E-state index in [4.69, 9.17) is 16.3 Å². The number of hydrogen-bond donors (Lipinski definition) is 2. The number of pyridine rings is 1. The number of aromatic nitrogens is 1. The van der Waals surface area contributed by atoms with E-state index in [2.05, 4.69) is 10.3 Å². The molecular weight excluding hydrogens is 352 g/mol. The van der Waals surface area contributed by atoms with Crippen molar-refractivity contribution in [1.29, 1.82) is 0 Å². The smallest absolute Gasteiger partial charge is 0.251 e. The van der Waals surface area contributed by atoms with Crippen LogP contribution in [0.2, 0.25) is 5.02 Å². The number of benzene rings is 2. The van der Waals surface area contributed by atoms with Crippen LogP contribution < -0.4 is 15.6 Å². The lowest BCUT2D eigenvalue weighted by molar-refractivity contribution is -0.116. The number of rotatable bonds is 5. The molecule has 1 amide bonds. The first-order valence-electron chi connectivity index (χ1n) is 8.22. The third-order valence-corrected chi connectivity index (χ3v) is 4.45. The number of halogens is 1. The zero-order valence-corrected chi connectivity index (χ0v) is 15.3. The number of ether oxygens (including phenoxy) is 1. The summed E-state index contributed by atoms with van der Waals surface area (Å²) in [5, 5.41) is 4.34. The van der Waals surface area contributed by atoms with Crippen molar-refractivity contribution in [3.8, 4) is 5.75 Å². The summed E-state index contributed by atoms with van der Waals surface area (Å²) < 4.78 is 5.21. The first kappa shape index (κ1) is 18.0. The highest BCUT2D eigenvalue weighted by molar-refractivity contribution is 6.30. The number of methoxy groups -OCH3 is 1. The van der Waals surface area contributed by atoms with E-state index in [0.717, 1.165) is 22.2 Å². The molecule has 3 rings (SSSR count). The largest absolute Gasteiger partial charge is 0.497 e. The SMILES string of the molecule is COc1ccc2[nH]c(=O)c(CCC(=O)Nc3ccc(Cl)cc3C)cc2c1. The Morgan fingerprint density at radius 3 is 2.73 bits per heavy atom. The number of amides is 1. The minimum atomic E-state index is -0.182. The molecule has 0 radical (unpaired) electrons. The van der Waals surface area contributed by atoms with Crippen molar-refractivity contribution in [3.63, 3.8) is 0 Å². The third kappa shape index (κ3) is 4.06. The van der Waals surface area contributed by atoms with E-state index >= 15 is 0 Å². The predicted octanol–water partition coefficient (Wildman–Crippen LogP) is 4.07. The molecule has 0 spiro atoms. The van der Waals surface area contributed by atoms with Gasteiger partial charge in [-0.15, -0.1) is 0 Å². The number of anilines is 1. The molecule has 6 heteroatoms. The van der Waals surface area contributed by atoms with Crippen LogP contribution in [-0.4, -0.2) is 18.0 Å². The van der Waals surface area contributed by atoms with Gasteiger partial charge in [0, 0.05) is 33.6 Å². The van der Waals surface area contributed by atoms with Gasteiger partial charge in [-0.3, -0.25) is 9.59 Å². The van der Waals surface area contributed by atoms with E-state index in [-0.39, 0.29) is 17.9 Å². The maximum Gasteiger partial charge on any atom is 0.251 e. The van der Waals surface area contributed by atoms with Gasteiger partial charge in [0.2, 0.25) is 5.91 Å². The molecule has 0 aliphatic heterocycles. The standard InChI is InChI=1S/C20H19ClN2O3/c1-12-9-15(21)4-6-17(12)22-19(24)8-3-13-10-14-11-16(26-2)5-7-18(14)23-20(13)25/h4-7,9-11H,3,8H2,1-2H3,(H,22,24)(H,23,25). The Kier molecular flexibility index (Phi) is 5.28. The fourth-order valence-electron chi connectivity index (χ4n) is 2.77. The van der Waals surface area contributed by atoms with Crippen molar-refractivity contribution >= 4 is 34.1 Å². The third-order valence-electron chi connectivity index (χ3n) is 4.21. The van der Waals surface area contributed by atoms with Gasteiger partial charge in [0.05, 0.1) is 7.11 Å². The molecule has 2 aromatic carbocycles. The van der Waals surface area contributed by atoms with E-state index in [1.54, 1.807) is 43.5 Å². The molecular formula is C20H19ClN2O3. The van der Waals surface area contributed by atoms with Crippen molar-refractivity contribution in [3.05, 3.63) is 69.0 Å². The average Bonchev–Trinajstić information content (AvgIpc) is 2.62. The number of carbonyl (C=O) groups excluding carboxylic acids is 1. The van der Waals surface area contributed by atoms with E-state index in [1.807, 2.05) is 13.0 Å². The fraction of sp³-hybridized carbons (Fsp3) is 0.200. The summed E-state index contributed by atoms with van der Waals surface area (Å²) in [4.78, 5) is 27.3. The van der Waals surface area contributed by atoms with Crippen molar-refractivity contribution in [1.82, 2.24) is 4.98 Å². The molecule has 1 aromatic heterocycles. The molecule has 2 N–H and O–H groups in total. The minimum Gasteiger partial charge on any atom is -0.497 e. The van der Waals surface area contributed by atoms with Gasteiger partial charge in [-0.1, -0.05) is 11.6 Å². The van der Waals surface area contributed by atoms with E-state index in [1.165, 1.54) is 0 Å². The molecule has 3 aromatic rings. The van der Waals surface area contributed by atoms with Crippen LogP contribution in [0, 0.1) is 6.92 Å². The summed E-state index contributed by atoms with van der Waals surface area (Å²) in [5.41, 5.74) is 2.73. The van der Waals surface area contributed by atoms with Crippen LogP contribution in [0.3, 0.4) is 0 Å². The molecule has 134 valence electrons. The van der Waals surface area contributed by atoms with Gasteiger partial charge >= 0.3 is 0 Å². The highest BCUT2D eigenvalue weighted by Gasteiger charge is 2.09. The zero-order chi connectivity index (χ0) is 18.7. The number of aryl methyl sites for hydroxylation is 2. The molecule has 0 atom stereocenters. The summed E-state index contributed by atoms with van der Waals surface area (Å²) in [6.07, 6.45) is 0.557. The maximum atomic E-state index is 12.2. The summed E-state index contributed by atoms with van der Waals surface area (Å²) in [5.74, 6) is 0.562. The second-order valence-electron chi connectivity index (χ2n) is 6.08. The molecule has 0 aliphatic carbocycles. The van der Waals surface area contributed by atoms with Crippen molar-refractivity contribution < 1.29 is 9.53 Å². The summed E-state index contributed by atoms with van der Waals surface area (Å²) in [7, 11) is 1.59. The van der Waals surface area contributed by atoms with Gasteiger partial charge in [-0.2, -0.15) is 0 Å². The number of H-pyrrole nitrogens is 1. The molecule has 0 saturated carbocycles. The van der Waals surface area contributed by atoms with Crippen LogP contribution in [0.25, 0.3) is 10.9 Å². The fourth-order valence-corrected chi connectivity index (χ4v) is 3.00. The lowest BCUT2D eigenvalue weighted by Gasteiger charge is -2.09. The van der Waals surface area contributed by atoms with Gasteiger partial charge in [-0.05, 0) is 61.4 Å². The minimum absolute atomic E-state index is 0.152. The predicted molar refractivity (Wildman–Crippen MR) is 104 cm³/mol. The Labute approximate surface area is 156 Å². The van der Waals surface area contributed by atoms with Crippen LogP contribution in [0.4, 0.5) is 5.69 Å². The number of carbonyl (C=O) groups is 1. The Balaban J connectivity index is 1.73. The molecule has 0 fully saturated rings. The summed E-state index contributed by atoms with van der Waals surface area (Å²) >= 11 is 5.92. The Bertz CT molecular complexity index is 1030. The van der Waals surface area contributed by atoms with Crippen LogP contribution in [-0.2, 0) is 11.2 Å². The molecule has 0 unspecified atom stereocenters. The van der Waals surface area contributed by atoms with Crippen LogP contribution >= 0.6 is 11.6 Å². The second-order valence-corrected chi connectivity index (χ2v) is 6.52. The normalized spacial score (nSPS) is 10.7. The number of aromatic amines is 1.